The molecule has 1 aliphatic rings. The van der Waals surface area contributed by atoms with Crippen LogP contribution in [-0.4, -0.2) is 12.2 Å². The third-order valence-corrected chi connectivity index (χ3v) is 2.68. The van der Waals surface area contributed by atoms with Gasteiger partial charge >= 0.3 is 0 Å². The first-order valence-electron chi connectivity index (χ1n) is 4.86. The highest BCUT2D eigenvalue weighted by molar-refractivity contribution is 7.97. The van der Waals surface area contributed by atoms with E-state index in [0.29, 0.717) is 11.3 Å². The molecule has 0 aliphatic heterocycles. The van der Waals surface area contributed by atoms with Crippen molar-refractivity contribution >= 4 is 17.7 Å². The highest BCUT2D eigenvalue weighted by Crippen LogP contribution is 2.36. The Morgan fingerprint density at radius 2 is 1.94 bits per heavy atom. The normalized spacial score (nSPS) is 16.4. The van der Waals surface area contributed by atoms with Gasteiger partial charge in [-0.25, -0.2) is 0 Å². The van der Waals surface area contributed by atoms with Gasteiger partial charge in [0.1, 0.15) is 5.75 Å². The molecule has 0 amide bonds. The van der Waals surface area contributed by atoms with Crippen molar-refractivity contribution in [1.82, 2.24) is 0 Å². The number of carbonyl (C=O) groups is 1. The molecule has 3 heteroatoms. The van der Waals surface area contributed by atoms with Crippen LogP contribution in [0.1, 0.15) is 15.9 Å². The maximum absolute atomic E-state index is 11.1. The monoisotopic (exact) mass is 231 g/mol. The zero-order valence-corrected chi connectivity index (χ0v) is 9.70. The van der Waals surface area contributed by atoms with E-state index in [1.165, 1.54) is 0 Å². The van der Waals surface area contributed by atoms with E-state index in [4.69, 9.17) is 4.74 Å². The lowest BCUT2D eigenvalue weighted by Crippen LogP contribution is -2.01. The van der Waals surface area contributed by atoms with Crippen molar-refractivity contribution in [1.29, 1.82) is 0 Å². The number of methoxy groups -OCH3 is 1. The molecule has 1 aromatic rings. The van der Waals surface area contributed by atoms with Crippen LogP contribution in [0.4, 0.5) is 0 Å². The van der Waals surface area contributed by atoms with Crippen LogP contribution in [0.15, 0.2) is 18.2 Å². The third kappa shape index (κ3) is 2.24. The third-order valence-electron chi connectivity index (χ3n) is 2.42. The van der Waals surface area contributed by atoms with Crippen molar-refractivity contribution in [2.45, 2.75) is 0 Å². The lowest BCUT2D eigenvalue weighted by Gasteiger charge is -2.13. The Labute approximate surface area is 101 Å². The summed E-state index contributed by atoms with van der Waals surface area (Å²) in [6.07, 6.45) is 7.93. The predicted octanol–water partition coefficient (Wildman–Crippen LogP) is 2.52. The van der Waals surface area contributed by atoms with Gasteiger partial charge in [0.25, 0.3) is 0 Å². The molecular weight excluding hydrogens is 220 g/mol. The molecule has 0 unspecified atom stereocenters. The van der Waals surface area contributed by atoms with Gasteiger partial charge in [0.2, 0.25) is 5.12 Å². The van der Waals surface area contributed by atoms with Crippen LogP contribution in [0.3, 0.4) is 0 Å². The molecule has 0 N–H and O–H groups in total. The molecule has 16 heavy (non-hydrogen) atoms. The van der Waals surface area contributed by atoms with E-state index in [0.717, 1.165) is 11.5 Å². The highest BCUT2D eigenvalue weighted by atomic mass is 32.1. The van der Waals surface area contributed by atoms with Crippen molar-refractivity contribution in [3.63, 3.8) is 0 Å². The minimum absolute atomic E-state index is 0.257. The van der Waals surface area contributed by atoms with Crippen LogP contribution in [0, 0.1) is 31.6 Å². The van der Waals surface area contributed by atoms with Crippen LogP contribution in [0.25, 0.3) is 0 Å². The summed E-state index contributed by atoms with van der Waals surface area (Å²) in [4.78, 5) is 11.1. The van der Waals surface area contributed by atoms with Crippen LogP contribution in [0.5, 0.6) is 5.75 Å². The van der Waals surface area contributed by atoms with E-state index in [1.807, 2.05) is 31.7 Å². The van der Waals surface area contributed by atoms with E-state index in [1.54, 1.807) is 19.2 Å². The van der Waals surface area contributed by atoms with Gasteiger partial charge in [-0.3, -0.25) is 4.79 Å². The quantitative estimate of drug-likeness (QED) is 0.809. The fourth-order valence-electron chi connectivity index (χ4n) is 1.62. The topological polar surface area (TPSA) is 26.3 Å². The Balaban J connectivity index is 2.34. The molecule has 0 spiro atoms. The lowest BCUT2D eigenvalue weighted by molar-refractivity contribution is 0.109. The van der Waals surface area contributed by atoms with Crippen LogP contribution < -0.4 is 4.74 Å². The Kier molecular flexibility index (Phi) is 3.54. The number of thiol groups is 1. The average molecular weight is 231 g/mol. The van der Waals surface area contributed by atoms with Crippen molar-refractivity contribution in [2.24, 2.45) is 0 Å². The molecule has 81 valence electrons. The smallest absolute Gasteiger partial charge is 0.216 e. The Morgan fingerprint density at radius 3 is 2.50 bits per heavy atom. The summed E-state index contributed by atoms with van der Waals surface area (Å²) >= 11 is 3.79. The lowest BCUT2D eigenvalue weighted by atomic mass is 9.95. The minimum Gasteiger partial charge on any atom is -0.496 e. The zero-order chi connectivity index (χ0) is 11.5. The number of ether oxygens (including phenoxy) is 1. The average Bonchev–Trinajstić information content (AvgIpc) is 2.81. The molecule has 1 fully saturated rings. The molecule has 1 aromatic carbocycles. The fraction of sp³-hybridized carbons (Fsp3) is 0.0769. The largest absolute Gasteiger partial charge is 0.496 e. The molecule has 2 rings (SSSR count). The number of benzene rings is 1. The van der Waals surface area contributed by atoms with Crippen molar-refractivity contribution in [3.8, 4) is 5.75 Å². The zero-order valence-electron chi connectivity index (χ0n) is 8.81. The number of carbonyl (C=O) groups excluding carboxylic acids is 1. The fourth-order valence-corrected chi connectivity index (χ4v) is 1.76. The van der Waals surface area contributed by atoms with Gasteiger partial charge in [-0.2, -0.15) is 0 Å². The summed E-state index contributed by atoms with van der Waals surface area (Å²) in [5, 5.41) is -0.257. The van der Waals surface area contributed by atoms with Gasteiger partial charge in [-0.1, -0.05) is 6.07 Å². The summed E-state index contributed by atoms with van der Waals surface area (Å²) in [5.41, 5.74) is 1.52. The van der Waals surface area contributed by atoms with Crippen LogP contribution >= 0.6 is 12.6 Å². The number of hydrogen-bond donors (Lipinski definition) is 1. The highest BCUT2D eigenvalue weighted by Gasteiger charge is 2.22. The van der Waals surface area contributed by atoms with E-state index < -0.39 is 0 Å². The molecule has 1 aliphatic carbocycles. The first-order chi connectivity index (χ1) is 7.72. The summed E-state index contributed by atoms with van der Waals surface area (Å²) in [6, 6.07) is 5.33. The minimum atomic E-state index is -0.257. The number of hydrogen-bond acceptors (Lipinski definition) is 2. The molecule has 0 heterocycles. The van der Waals surface area contributed by atoms with Crippen LogP contribution in [0.2, 0.25) is 0 Å². The van der Waals surface area contributed by atoms with Crippen LogP contribution in [-0.2, 0) is 0 Å². The van der Waals surface area contributed by atoms with E-state index in [-0.39, 0.29) is 5.12 Å². The molecule has 1 saturated carbocycles. The Morgan fingerprint density at radius 1 is 1.25 bits per heavy atom. The van der Waals surface area contributed by atoms with E-state index >= 15 is 0 Å². The standard InChI is InChI=1S/C13H11O2S/c1-15-12-8-10(13(14)16)6-7-11(12)9-4-2-3-5-9/h2-8H,1H3,(H,14,16). The summed E-state index contributed by atoms with van der Waals surface area (Å²) in [7, 11) is 1.59. The Hall–Kier alpha value is -0.960. The molecule has 5 radical (unpaired) electrons. The van der Waals surface area contributed by atoms with Gasteiger partial charge < -0.3 is 4.74 Å². The second kappa shape index (κ2) is 4.91. The maximum Gasteiger partial charge on any atom is 0.216 e. The SMILES string of the molecule is COc1cc(C(=O)S)ccc1[C]1[CH][CH][CH][CH]1. The van der Waals surface area contributed by atoms with Gasteiger partial charge in [-0.15, -0.1) is 12.6 Å². The van der Waals surface area contributed by atoms with Crippen molar-refractivity contribution in [3.05, 3.63) is 60.9 Å². The molecule has 0 bridgehead atoms. The molecule has 0 aromatic heterocycles. The summed E-state index contributed by atoms with van der Waals surface area (Å²) in [6.45, 7) is 0. The summed E-state index contributed by atoms with van der Waals surface area (Å²) in [5.74, 6) is 1.76. The predicted molar refractivity (Wildman–Crippen MR) is 65.9 cm³/mol. The van der Waals surface area contributed by atoms with Gasteiger partial charge in [-0.05, 0) is 37.8 Å². The first-order valence-corrected chi connectivity index (χ1v) is 5.30. The maximum atomic E-state index is 11.1. The first kappa shape index (κ1) is 11.5. The van der Waals surface area contributed by atoms with Crippen molar-refractivity contribution in [2.75, 3.05) is 7.11 Å². The van der Waals surface area contributed by atoms with Gasteiger partial charge in [0, 0.05) is 17.0 Å². The second-order valence-corrected chi connectivity index (χ2v) is 3.80. The molecule has 2 nitrogen and oxygen atoms in total. The van der Waals surface area contributed by atoms with E-state index in [9.17, 15) is 4.79 Å². The van der Waals surface area contributed by atoms with Gasteiger partial charge in [0.15, 0.2) is 0 Å². The van der Waals surface area contributed by atoms with E-state index in [2.05, 4.69) is 12.6 Å². The molecule has 0 saturated heterocycles. The summed E-state index contributed by atoms with van der Waals surface area (Å²) < 4.78 is 5.27. The molecule has 0 atom stereocenters. The Bertz CT molecular complexity index is 395. The van der Waals surface area contributed by atoms with Crippen molar-refractivity contribution < 1.29 is 9.53 Å². The van der Waals surface area contributed by atoms with Gasteiger partial charge in [0.05, 0.1) is 7.11 Å². The second-order valence-electron chi connectivity index (χ2n) is 3.39. The number of rotatable bonds is 3. The molecular formula is C13H11O2S.